The highest BCUT2D eigenvalue weighted by atomic mass is 35.5. The number of carbonyl (C=O) groups excluding carboxylic acids is 1. The first kappa shape index (κ1) is 13.4. The van der Waals surface area contributed by atoms with Gasteiger partial charge in [0.25, 0.3) is 5.91 Å². The van der Waals surface area contributed by atoms with Crippen molar-refractivity contribution in [3.63, 3.8) is 0 Å². The summed E-state index contributed by atoms with van der Waals surface area (Å²) in [6.07, 6.45) is 0.923. The van der Waals surface area contributed by atoms with E-state index in [1.807, 2.05) is 29.6 Å². The number of alkyl halides is 1. The van der Waals surface area contributed by atoms with Gasteiger partial charge in [-0.3, -0.25) is 4.79 Å². The fraction of sp³-hybridized carbons (Fsp3) is 0.357. The predicted molar refractivity (Wildman–Crippen MR) is 78.7 cm³/mol. The third kappa shape index (κ3) is 3.03. The minimum absolute atomic E-state index is 0.00822. The van der Waals surface area contributed by atoms with E-state index in [2.05, 4.69) is 12.2 Å². The van der Waals surface area contributed by atoms with Crippen LogP contribution in [0.4, 0.5) is 0 Å². The lowest BCUT2D eigenvalue weighted by atomic mass is 10.1. The molecule has 0 fully saturated rings. The number of halogens is 1. The van der Waals surface area contributed by atoms with E-state index in [9.17, 15) is 4.79 Å². The summed E-state index contributed by atoms with van der Waals surface area (Å²) >= 11 is 7.28. The Kier molecular flexibility index (Phi) is 4.61. The number of rotatable bonds is 5. The lowest BCUT2D eigenvalue weighted by molar-refractivity contribution is 0.0950. The van der Waals surface area contributed by atoms with Gasteiger partial charge in [0.1, 0.15) is 0 Å². The predicted octanol–water partition coefficient (Wildman–Crippen LogP) is 3.90. The SMILES string of the molecule is CC(CCCl)CNC(=O)c1csc2ccccc12. The molecule has 0 spiro atoms. The number of fused-ring (bicyclic) bond motifs is 1. The number of hydrogen-bond acceptors (Lipinski definition) is 2. The Morgan fingerprint density at radius 3 is 3.00 bits per heavy atom. The number of thiophene rings is 1. The van der Waals surface area contributed by atoms with Gasteiger partial charge in [-0.2, -0.15) is 0 Å². The van der Waals surface area contributed by atoms with Crippen molar-refractivity contribution in [2.75, 3.05) is 12.4 Å². The van der Waals surface area contributed by atoms with Crippen molar-refractivity contribution in [2.24, 2.45) is 5.92 Å². The largest absolute Gasteiger partial charge is 0.352 e. The molecule has 2 aromatic rings. The average Bonchev–Trinajstić information content (AvgIpc) is 2.80. The molecular weight excluding hydrogens is 266 g/mol. The van der Waals surface area contributed by atoms with Gasteiger partial charge in [0.05, 0.1) is 5.56 Å². The Bertz CT molecular complexity index is 537. The minimum Gasteiger partial charge on any atom is -0.352 e. The van der Waals surface area contributed by atoms with Crippen molar-refractivity contribution >= 4 is 38.9 Å². The third-order valence-electron chi connectivity index (χ3n) is 2.94. The van der Waals surface area contributed by atoms with Crippen molar-refractivity contribution in [3.8, 4) is 0 Å². The molecule has 1 heterocycles. The van der Waals surface area contributed by atoms with Gasteiger partial charge in [-0.15, -0.1) is 22.9 Å². The molecule has 1 amide bonds. The van der Waals surface area contributed by atoms with Gasteiger partial charge in [0.2, 0.25) is 0 Å². The molecule has 1 aromatic heterocycles. The fourth-order valence-electron chi connectivity index (χ4n) is 1.80. The third-order valence-corrected chi connectivity index (χ3v) is 4.12. The molecule has 0 aliphatic rings. The Balaban J connectivity index is 2.05. The average molecular weight is 282 g/mol. The fourth-order valence-corrected chi connectivity index (χ4v) is 3.12. The van der Waals surface area contributed by atoms with E-state index in [4.69, 9.17) is 11.6 Å². The summed E-state index contributed by atoms with van der Waals surface area (Å²) in [6, 6.07) is 7.97. The van der Waals surface area contributed by atoms with E-state index < -0.39 is 0 Å². The van der Waals surface area contributed by atoms with Crippen LogP contribution in [0.15, 0.2) is 29.6 Å². The maximum atomic E-state index is 12.1. The standard InChI is InChI=1S/C14H16ClNOS/c1-10(6-7-15)8-16-14(17)12-9-18-13-5-3-2-4-11(12)13/h2-5,9-10H,6-8H2,1H3,(H,16,17). The Labute approximate surface area is 116 Å². The summed E-state index contributed by atoms with van der Waals surface area (Å²) in [5.74, 6) is 1.06. The molecular formula is C14H16ClNOS. The maximum absolute atomic E-state index is 12.1. The first-order valence-corrected chi connectivity index (χ1v) is 7.44. The lowest BCUT2D eigenvalue weighted by Gasteiger charge is -2.10. The molecule has 96 valence electrons. The van der Waals surface area contributed by atoms with Crippen molar-refractivity contribution in [3.05, 3.63) is 35.2 Å². The zero-order chi connectivity index (χ0) is 13.0. The molecule has 0 radical (unpaired) electrons. The molecule has 18 heavy (non-hydrogen) atoms. The summed E-state index contributed by atoms with van der Waals surface area (Å²) < 4.78 is 1.15. The molecule has 0 bridgehead atoms. The number of benzene rings is 1. The maximum Gasteiger partial charge on any atom is 0.252 e. The molecule has 4 heteroatoms. The summed E-state index contributed by atoms with van der Waals surface area (Å²) in [4.78, 5) is 12.1. The van der Waals surface area contributed by atoms with Gasteiger partial charge in [-0.05, 0) is 18.4 Å². The van der Waals surface area contributed by atoms with Gasteiger partial charge in [0, 0.05) is 27.9 Å². The minimum atomic E-state index is 0.00822. The zero-order valence-corrected chi connectivity index (χ0v) is 11.9. The van der Waals surface area contributed by atoms with Crippen LogP contribution in [0.25, 0.3) is 10.1 Å². The highest BCUT2D eigenvalue weighted by Crippen LogP contribution is 2.25. The van der Waals surface area contributed by atoms with Gasteiger partial charge in [0.15, 0.2) is 0 Å². The van der Waals surface area contributed by atoms with Crippen LogP contribution < -0.4 is 5.32 Å². The molecule has 2 rings (SSSR count). The Morgan fingerprint density at radius 1 is 1.44 bits per heavy atom. The highest BCUT2D eigenvalue weighted by molar-refractivity contribution is 7.17. The quantitative estimate of drug-likeness (QED) is 0.828. The number of carbonyl (C=O) groups is 1. The molecule has 2 nitrogen and oxygen atoms in total. The molecule has 1 atom stereocenters. The van der Waals surface area contributed by atoms with Gasteiger partial charge in [-0.25, -0.2) is 0 Å². The number of amides is 1. The first-order valence-electron chi connectivity index (χ1n) is 6.02. The van der Waals surface area contributed by atoms with Crippen LogP contribution in [0.3, 0.4) is 0 Å². The monoisotopic (exact) mass is 281 g/mol. The van der Waals surface area contributed by atoms with E-state index in [1.54, 1.807) is 11.3 Å². The molecule has 0 saturated heterocycles. The van der Waals surface area contributed by atoms with Crippen LogP contribution in [0.1, 0.15) is 23.7 Å². The van der Waals surface area contributed by atoms with Crippen molar-refractivity contribution < 1.29 is 4.79 Å². The van der Waals surface area contributed by atoms with Crippen molar-refractivity contribution in [2.45, 2.75) is 13.3 Å². The molecule has 0 aliphatic heterocycles. The van der Waals surface area contributed by atoms with Crippen LogP contribution in [0.5, 0.6) is 0 Å². The van der Waals surface area contributed by atoms with Crippen LogP contribution in [0.2, 0.25) is 0 Å². The van der Waals surface area contributed by atoms with E-state index in [0.29, 0.717) is 18.3 Å². The van der Waals surface area contributed by atoms with Gasteiger partial charge < -0.3 is 5.32 Å². The lowest BCUT2D eigenvalue weighted by Crippen LogP contribution is -2.28. The van der Waals surface area contributed by atoms with E-state index in [1.165, 1.54) is 0 Å². The number of hydrogen-bond donors (Lipinski definition) is 1. The Hall–Kier alpha value is -1.06. The van der Waals surface area contributed by atoms with Crippen LogP contribution in [-0.2, 0) is 0 Å². The van der Waals surface area contributed by atoms with E-state index in [-0.39, 0.29) is 5.91 Å². The second-order valence-electron chi connectivity index (χ2n) is 4.44. The zero-order valence-electron chi connectivity index (χ0n) is 10.3. The topological polar surface area (TPSA) is 29.1 Å². The number of nitrogens with one attached hydrogen (secondary N) is 1. The molecule has 1 N–H and O–H groups in total. The van der Waals surface area contributed by atoms with Crippen LogP contribution in [-0.4, -0.2) is 18.3 Å². The molecule has 0 aliphatic carbocycles. The van der Waals surface area contributed by atoms with E-state index in [0.717, 1.165) is 22.1 Å². The second-order valence-corrected chi connectivity index (χ2v) is 5.73. The summed E-state index contributed by atoms with van der Waals surface area (Å²) in [7, 11) is 0. The van der Waals surface area contributed by atoms with Gasteiger partial charge >= 0.3 is 0 Å². The molecule has 1 aromatic carbocycles. The smallest absolute Gasteiger partial charge is 0.252 e. The van der Waals surface area contributed by atoms with Crippen molar-refractivity contribution in [1.82, 2.24) is 5.32 Å². The normalized spacial score (nSPS) is 12.6. The van der Waals surface area contributed by atoms with Crippen LogP contribution in [0, 0.1) is 5.92 Å². The second kappa shape index (κ2) is 6.21. The molecule has 1 unspecified atom stereocenters. The summed E-state index contributed by atoms with van der Waals surface area (Å²) in [5, 5.41) is 5.93. The van der Waals surface area contributed by atoms with Crippen molar-refractivity contribution in [1.29, 1.82) is 0 Å². The van der Waals surface area contributed by atoms with E-state index >= 15 is 0 Å². The van der Waals surface area contributed by atoms with Crippen LogP contribution >= 0.6 is 22.9 Å². The Morgan fingerprint density at radius 2 is 2.22 bits per heavy atom. The highest BCUT2D eigenvalue weighted by Gasteiger charge is 2.12. The van der Waals surface area contributed by atoms with Gasteiger partial charge in [-0.1, -0.05) is 25.1 Å². The summed E-state index contributed by atoms with van der Waals surface area (Å²) in [5.41, 5.74) is 0.772. The first-order chi connectivity index (χ1) is 8.72. The summed E-state index contributed by atoms with van der Waals surface area (Å²) in [6.45, 7) is 2.77. The molecule has 0 saturated carbocycles.